The molecule has 0 nitrogen and oxygen atoms in total. The number of hydrogen-bond donors (Lipinski definition) is 0. The fourth-order valence-corrected chi connectivity index (χ4v) is 0.342. The summed E-state index contributed by atoms with van der Waals surface area (Å²) in [5.41, 5.74) is 0. The van der Waals surface area contributed by atoms with Gasteiger partial charge in [0.15, 0.2) is 0 Å². The Morgan fingerprint density at radius 1 is 1.08 bits per heavy atom. The third kappa shape index (κ3) is 22.4. The van der Waals surface area contributed by atoms with Gasteiger partial charge in [0, 0.05) is 0 Å². The van der Waals surface area contributed by atoms with Gasteiger partial charge in [-0.2, -0.15) is 50.2 Å². The van der Waals surface area contributed by atoms with Gasteiger partial charge in [0.2, 0.25) is 0 Å². The van der Waals surface area contributed by atoms with E-state index >= 15 is 0 Å². The molecule has 0 aliphatic rings. The number of hydrogen-bond acceptors (Lipinski definition) is 0. The molecule has 0 bridgehead atoms. The summed E-state index contributed by atoms with van der Waals surface area (Å²) in [5, 5.41) is 0. The third-order valence-corrected chi connectivity index (χ3v) is 0.607. The van der Waals surface area contributed by atoms with E-state index in [1.54, 1.807) is 0 Å². The molecule has 0 aliphatic carbocycles. The van der Waals surface area contributed by atoms with Crippen LogP contribution in [0.1, 0.15) is 13.8 Å². The zero-order valence-corrected chi connectivity index (χ0v) is 10.3. The van der Waals surface area contributed by atoms with Crippen LogP contribution in [0, 0.1) is 12.5 Å². The molecule has 1 rings (SSSR count). The Hall–Kier alpha value is 0.423. The summed E-state index contributed by atoms with van der Waals surface area (Å²) in [6, 6.07) is 12.5. The Bertz CT molecular complexity index is 104. The first-order chi connectivity index (χ1) is 5.83. The number of benzene rings is 1. The fraction of sp³-hybridized carbons (Fsp3) is 0.222. The molecule has 0 saturated carbocycles. The van der Waals surface area contributed by atoms with Gasteiger partial charge in [0.1, 0.15) is 0 Å². The standard InChI is InChI=1S/C6H5.C3H7.2ClH.Ru/c1-2-4-6-5-3-1;1-3-2;;;/h1-5H;3H,1-2H3;2*1H;/q2*-1;;;+4/p-2. The topological polar surface area (TPSA) is 0 Å². The normalized spacial score (nSPS) is 7.00. The van der Waals surface area contributed by atoms with Gasteiger partial charge < -0.3 is 6.42 Å². The molecule has 1 aromatic carbocycles. The van der Waals surface area contributed by atoms with Gasteiger partial charge in [-0.15, -0.1) is 0 Å². The average molecular weight is 292 g/mol. The minimum absolute atomic E-state index is 0.346. The molecule has 0 fully saturated rings. The van der Waals surface area contributed by atoms with Crippen LogP contribution in [0.25, 0.3) is 0 Å². The van der Waals surface area contributed by atoms with Crippen molar-refractivity contribution in [1.82, 2.24) is 0 Å². The van der Waals surface area contributed by atoms with Gasteiger partial charge in [0.25, 0.3) is 0 Å². The Morgan fingerprint density at radius 3 is 1.50 bits per heavy atom. The predicted octanol–water partition coefficient (Wildman–Crippen LogP) is 4.09. The van der Waals surface area contributed by atoms with Crippen LogP contribution in [-0.2, 0) is 15.1 Å². The van der Waals surface area contributed by atoms with Crippen molar-refractivity contribution in [3.8, 4) is 0 Å². The maximum atomic E-state index is 4.85. The van der Waals surface area contributed by atoms with Crippen molar-refractivity contribution in [2.24, 2.45) is 0 Å². The number of halogens is 2. The van der Waals surface area contributed by atoms with E-state index < -0.39 is 0 Å². The van der Waals surface area contributed by atoms with Gasteiger partial charge >= 0.3 is 34.5 Å². The molecule has 3 heteroatoms. The van der Waals surface area contributed by atoms with E-state index in [9.17, 15) is 0 Å². The first-order valence-electron chi connectivity index (χ1n) is 3.33. The van der Waals surface area contributed by atoms with Crippen molar-refractivity contribution in [1.29, 1.82) is 0 Å². The predicted molar refractivity (Wildman–Crippen MR) is 52.6 cm³/mol. The summed E-state index contributed by atoms with van der Waals surface area (Å²) in [6.45, 7) is 4.00. The van der Waals surface area contributed by atoms with Crippen LogP contribution in [0.4, 0.5) is 0 Å². The molecule has 12 heavy (non-hydrogen) atoms. The second kappa shape index (κ2) is 17.5. The zero-order valence-electron chi connectivity index (χ0n) is 7.07. The Kier molecular flexibility index (Phi) is 21.8. The molecule has 0 heterocycles. The van der Waals surface area contributed by atoms with Crippen molar-refractivity contribution in [2.75, 3.05) is 0 Å². The largest absolute Gasteiger partial charge is 0.184 e. The van der Waals surface area contributed by atoms with Crippen molar-refractivity contribution < 1.29 is 15.1 Å². The summed E-state index contributed by atoms with van der Waals surface area (Å²) in [7, 11) is 9.71. The minimum atomic E-state index is -0.346. The van der Waals surface area contributed by atoms with Crippen LogP contribution in [0.15, 0.2) is 30.3 Å². The van der Waals surface area contributed by atoms with Crippen molar-refractivity contribution >= 4 is 19.4 Å². The van der Waals surface area contributed by atoms with E-state index in [1.807, 2.05) is 50.6 Å². The van der Waals surface area contributed by atoms with Gasteiger partial charge in [-0.1, -0.05) is 0 Å². The van der Waals surface area contributed by atoms with Crippen LogP contribution >= 0.6 is 19.4 Å². The number of rotatable bonds is 0. The second-order valence-corrected chi connectivity index (χ2v) is 4.34. The summed E-state index contributed by atoms with van der Waals surface area (Å²) in [5.74, 6) is 0. The Labute approximate surface area is 91.0 Å². The van der Waals surface area contributed by atoms with E-state index in [0.717, 1.165) is 0 Å². The molecule has 0 spiro atoms. The molecular formula is C9H12Cl2Ru. The second-order valence-electron chi connectivity index (χ2n) is 1.71. The Morgan fingerprint density at radius 2 is 1.42 bits per heavy atom. The maximum Gasteiger partial charge on any atom is -0.171 e. The molecule has 0 atom stereocenters. The summed E-state index contributed by atoms with van der Waals surface area (Å²) in [6.07, 6.45) is 2.00. The average Bonchev–Trinajstić information content (AvgIpc) is 2.10. The Balaban J connectivity index is 0. The smallest absolute Gasteiger partial charge is 0.171 e. The monoisotopic (exact) mass is 292 g/mol. The first kappa shape index (κ1) is 14.9. The van der Waals surface area contributed by atoms with Gasteiger partial charge in [-0.25, -0.2) is 0 Å². The van der Waals surface area contributed by atoms with E-state index in [0.29, 0.717) is 0 Å². The first-order valence-corrected chi connectivity index (χ1v) is 7.81. The molecule has 0 amide bonds. The van der Waals surface area contributed by atoms with Gasteiger partial charge in [0.05, 0.1) is 0 Å². The third-order valence-electron chi connectivity index (χ3n) is 0.607. The van der Waals surface area contributed by atoms with Crippen LogP contribution in [-0.4, -0.2) is 0 Å². The molecule has 0 unspecified atom stereocenters. The maximum absolute atomic E-state index is 4.85. The molecule has 0 N–H and O–H groups in total. The van der Waals surface area contributed by atoms with Crippen molar-refractivity contribution in [3.05, 3.63) is 42.8 Å². The SMILES string of the molecule is C[CH-]C.[Cl][Ru+2][Cl].[c-]1ccccc1. The van der Waals surface area contributed by atoms with Crippen LogP contribution in [0.2, 0.25) is 0 Å². The van der Waals surface area contributed by atoms with E-state index in [2.05, 4.69) is 6.07 Å². The molecule has 0 aromatic heterocycles. The molecule has 0 aliphatic heterocycles. The van der Waals surface area contributed by atoms with Gasteiger partial charge in [-0.05, 0) is 0 Å². The zero-order chi connectivity index (χ0) is 9.66. The van der Waals surface area contributed by atoms with E-state index in [1.165, 1.54) is 0 Å². The molecule has 70 valence electrons. The van der Waals surface area contributed by atoms with Crippen LogP contribution < -0.4 is 0 Å². The van der Waals surface area contributed by atoms with Crippen molar-refractivity contribution in [2.45, 2.75) is 13.8 Å². The van der Waals surface area contributed by atoms with Crippen LogP contribution in [0.3, 0.4) is 0 Å². The van der Waals surface area contributed by atoms with E-state index in [4.69, 9.17) is 19.4 Å². The minimum Gasteiger partial charge on any atom is -0.184 e. The van der Waals surface area contributed by atoms with Crippen LogP contribution in [0.5, 0.6) is 0 Å². The fourth-order valence-electron chi connectivity index (χ4n) is 0.342. The molecule has 1 aromatic rings. The van der Waals surface area contributed by atoms with Crippen molar-refractivity contribution in [3.63, 3.8) is 0 Å². The van der Waals surface area contributed by atoms with E-state index in [-0.39, 0.29) is 15.1 Å². The summed E-state index contributed by atoms with van der Waals surface area (Å²) >= 11 is -0.346. The van der Waals surface area contributed by atoms with Gasteiger partial charge in [-0.3, -0.25) is 0 Å². The molecule has 0 radical (unpaired) electrons. The summed E-state index contributed by atoms with van der Waals surface area (Å²) in [4.78, 5) is 0. The quantitative estimate of drug-likeness (QED) is 0.499. The summed E-state index contributed by atoms with van der Waals surface area (Å²) < 4.78 is 0. The molecule has 0 saturated heterocycles. The molecular weight excluding hydrogens is 280 g/mol.